The molecule has 1 heterocycles. The summed E-state index contributed by atoms with van der Waals surface area (Å²) in [5.74, 6) is 0. The van der Waals surface area contributed by atoms with Crippen LogP contribution in [0.25, 0.3) is 32.3 Å². The zero-order valence-corrected chi connectivity index (χ0v) is 12.3. The molecule has 0 nitrogen and oxygen atoms in total. The number of thiophene rings is 1. The molecule has 0 bridgehead atoms. The minimum absolute atomic E-state index is 1.34. The summed E-state index contributed by atoms with van der Waals surface area (Å²) in [6, 6.07) is 25.9. The van der Waals surface area contributed by atoms with Crippen molar-refractivity contribution in [1.82, 2.24) is 0 Å². The van der Waals surface area contributed by atoms with Crippen LogP contribution in [0.3, 0.4) is 0 Å². The quantitative estimate of drug-likeness (QED) is 0.292. The topological polar surface area (TPSA) is 0 Å². The fraction of sp³-hybridized carbons (Fsp3) is 0. The van der Waals surface area contributed by atoms with Gasteiger partial charge in [-0.2, -0.15) is 11.3 Å². The number of hydrogen-bond acceptors (Lipinski definition) is 1. The fourth-order valence-corrected chi connectivity index (χ4v) is 3.35. The van der Waals surface area contributed by atoms with E-state index in [9.17, 15) is 0 Å². The Kier molecular flexibility index (Phi) is 3.06. The van der Waals surface area contributed by atoms with Gasteiger partial charge in [-0.15, -0.1) is 0 Å². The van der Waals surface area contributed by atoms with Crippen LogP contribution in [0.1, 0.15) is 0 Å². The van der Waals surface area contributed by atoms with E-state index in [2.05, 4.69) is 60.7 Å². The summed E-state index contributed by atoms with van der Waals surface area (Å²) >= 11 is 1.71. The van der Waals surface area contributed by atoms with Crippen LogP contribution in [0.5, 0.6) is 0 Å². The second-order valence-electron chi connectivity index (χ2n) is 5.08. The smallest absolute Gasteiger partial charge is 0.00268 e. The summed E-state index contributed by atoms with van der Waals surface area (Å²) < 4.78 is 0. The van der Waals surface area contributed by atoms with E-state index >= 15 is 0 Å². The summed E-state index contributed by atoms with van der Waals surface area (Å²) in [4.78, 5) is 0. The van der Waals surface area contributed by atoms with Gasteiger partial charge < -0.3 is 0 Å². The first-order valence-electron chi connectivity index (χ1n) is 7.03. The van der Waals surface area contributed by atoms with Crippen molar-refractivity contribution >= 4 is 43.7 Å². The lowest BCUT2D eigenvalue weighted by Crippen LogP contribution is -1.82. The Bertz CT molecular complexity index is 834. The molecule has 0 N–H and O–H groups in total. The Labute approximate surface area is 127 Å². The number of rotatable bonds is 0. The molecule has 0 fully saturated rings. The highest BCUT2D eigenvalue weighted by molar-refractivity contribution is 7.07. The highest BCUT2D eigenvalue weighted by Gasteiger charge is 2.05. The molecule has 0 aliphatic heterocycles. The lowest BCUT2D eigenvalue weighted by Gasteiger charge is -2.09. The summed E-state index contributed by atoms with van der Waals surface area (Å²) in [6.07, 6.45) is 0. The van der Waals surface area contributed by atoms with E-state index in [4.69, 9.17) is 0 Å². The van der Waals surface area contributed by atoms with E-state index in [0.29, 0.717) is 0 Å². The zero-order valence-electron chi connectivity index (χ0n) is 11.5. The third kappa shape index (κ3) is 2.16. The molecule has 0 radical (unpaired) electrons. The van der Waals surface area contributed by atoms with Crippen LogP contribution in [0.4, 0.5) is 0 Å². The van der Waals surface area contributed by atoms with E-state index in [-0.39, 0.29) is 0 Å². The molecule has 0 amide bonds. The van der Waals surface area contributed by atoms with Crippen molar-refractivity contribution in [1.29, 1.82) is 0 Å². The minimum atomic E-state index is 1.34. The van der Waals surface area contributed by atoms with Crippen LogP contribution in [-0.2, 0) is 0 Å². The van der Waals surface area contributed by atoms with Gasteiger partial charge in [-0.1, -0.05) is 72.8 Å². The van der Waals surface area contributed by atoms with Gasteiger partial charge in [0, 0.05) is 0 Å². The van der Waals surface area contributed by atoms with Crippen molar-refractivity contribution in [2.75, 3.05) is 0 Å². The van der Waals surface area contributed by atoms with E-state index in [1.165, 1.54) is 32.3 Å². The van der Waals surface area contributed by atoms with Crippen molar-refractivity contribution < 1.29 is 0 Å². The molecule has 100 valence electrons. The van der Waals surface area contributed by atoms with Crippen molar-refractivity contribution in [3.8, 4) is 0 Å². The van der Waals surface area contributed by atoms with Gasteiger partial charge in [0.2, 0.25) is 0 Å². The van der Waals surface area contributed by atoms with E-state index in [1.807, 2.05) is 22.9 Å². The lowest BCUT2D eigenvalue weighted by molar-refractivity contribution is 1.78. The Hall–Kier alpha value is -2.38. The lowest BCUT2D eigenvalue weighted by atomic mass is 9.95. The maximum absolute atomic E-state index is 2.21. The van der Waals surface area contributed by atoms with Crippen LogP contribution in [-0.4, -0.2) is 0 Å². The first-order chi connectivity index (χ1) is 10.4. The molecular weight excluding hydrogens is 272 g/mol. The summed E-state index contributed by atoms with van der Waals surface area (Å²) in [5.41, 5.74) is 0. The van der Waals surface area contributed by atoms with Crippen LogP contribution in [0.15, 0.2) is 83.6 Å². The zero-order chi connectivity index (χ0) is 14.1. The predicted molar refractivity (Wildman–Crippen MR) is 94.5 cm³/mol. The Morgan fingerprint density at radius 1 is 0.429 bits per heavy atom. The highest BCUT2D eigenvalue weighted by atomic mass is 32.1. The second-order valence-corrected chi connectivity index (χ2v) is 5.90. The third-order valence-corrected chi connectivity index (χ3v) is 4.45. The van der Waals surface area contributed by atoms with Crippen LogP contribution in [0.2, 0.25) is 0 Å². The Morgan fingerprint density at radius 2 is 0.810 bits per heavy atom. The molecule has 0 saturated heterocycles. The summed E-state index contributed by atoms with van der Waals surface area (Å²) in [6.45, 7) is 0. The van der Waals surface area contributed by atoms with Gasteiger partial charge in [0.1, 0.15) is 0 Å². The molecular formula is C20H14S. The summed E-state index contributed by atoms with van der Waals surface area (Å²) in [5, 5.41) is 12.2. The monoisotopic (exact) mass is 286 g/mol. The molecule has 1 heteroatoms. The molecule has 0 aliphatic carbocycles. The van der Waals surface area contributed by atoms with Gasteiger partial charge in [0.15, 0.2) is 0 Å². The number of benzene rings is 4. The average Bonchev–Trinajstić information content (AvgIpc) is 3.13. The minimum Gasteiger partial charge on any atom is -0.152 e. The fourth-order valence-electron chi connectivity index (χ4n) is 2.90. The molecule has 0 saturated carbocycles. The van der Waals surface area contributed by atoms with Gasteiger partial charge in [0.05, 0.1) is 0 Å². The molecule has 1 aromatic heterocycles. The van der Waals surface area contributed by atoms with Gasteiger partial charge in [0.25, 0.3) is 0 Å². The average molecular weight is 286 g/mol. The van der Waals surface area contributed by atoms with Crippen molar-refractivity contribution in [2.24, 2.45) is 0 Å². The summed E-state index contributed by atoms with van der Waals surface area (Å²) in [7, 11) is 0. The molecule has 21 heavy (non-hydrogen) atoms. The standard InChI is InChI=1S/C16H10.C4H4S/c1-3-11-7-9-13-5-2-6-14-10-8-12(4-1)15(11)16(13)14;1-2-4-5-3-1/h1-10H;1-4H. The second kappa shape index (κ2) is 5.19. The van der Waals surface area contributed by atoms with Crippen molar-refractivity contribution in [3.05, 3.63) is 83.6 Å². The Balaban J connectivity index is 0.000000197. The normalized spacial score (nSPS) is 10.9. The van der Waals surface area contributed by atoms with Gasteiger partial charge in [-0.25, -0.2) is 0 Å². The highest BCUT2D eigenvalue weighted by Crippen LogP contribution is 2.33. The largest absolute Gasteiger partial charge is 0.152 e. The van der Waals surface area contributed by atoms with Gasteiger partial charge >= 0.3 is 0 Å². The first kappa shape index (κ1) is 12.4. The maximum Gasteiger partial charge on any atom is -0.00268 e. The van der Waals surface area contributed by atoms with Crippen LogP contribution < -0.4 is 0 Å². The predicted octanol–water partition coefficient (Wildman–Crippen LogP) is 6.33. The Morgan fingerprint density at radius 3 is 1.10 bits per heavy atom. The number of hydrogen-bond donors (Lipinski definition) is 0. The SMILES string of the molecule is c1cc2ccc3cccc4ccc(c1)c2c34.c1ccsc1. The van der Waals surface area contributed by atoms with Crippen molar-refractivity contribution in [2.45, 2.75) is 0 Å². The van der Waals surface area contributed by atoms with E-state index < -0.39 is 0 Å². The molecule has 0 aliphatic rings. The van der Waals surface area contributed by atoms with Gasteiger partial charge in [-0.3, -0.25) is 0 Å². The first-order valence-corrected chi connectivity index (χ1v) is 7.97. The molecule has 0 unspecified atom stereocenters. The molecule has 0 atom stereocenters. The molecule has 5 aromatic rings. The van der Waals surface area contributed by atoms with Crippen molar-refractivity contribution in [3.63, 3.8) is 0 Å². The van der Waals surface area contributed by atoms with Gasteiger partial charge in [-0.05, 0) is 43.1 Å². The third-order valence-electron chi connectivity index (χ3n) is 3.82. The van der Waals surface area contributed by atoms with E-state index in [1.54, 1.807) is 11.3 Å². The van der Waals surface area contributed by atoms with Crippen LogP contribution >= 0.6 is 11.3 Å². The van der Waals surface area contributed by atoms with E-state index in [0.717, 1.165) is 0 Å². The molecule has 0 spiro atoms. The maximum atomic E-state index is 2.21. The van der Waals surface area contributed by atoms with Crippen LogP contribution in [0, 0.1) is 0 Å². The molecule has 4 aromatic carbocycles. The molecule has 5 rings (SSSR count).